The average molecular weight is 277 g/mol. The number of hydrogen-bond acceptors (Lipinski definition) is 5. The predicted molar refractivity (Wildman–Crippen MR) is 70.8 cm³/mol. The summed E-state index contributed by atoms with van der Waals surface area (Å²) in [7, 11) is 1.88. The van der Waals surface area contributed by atoms with Crippen LogP contribution in [0.1, 0.15) is 17.4 Å². The zero-order valence-electron chi connectivity index (χ0n) is 11.4. The summed E-state index contributed by atoms with van der Waals surface area (Å²) < 4.78 is 23.9. The van der Waals surface area contributed by atoms with E-state index in [1.807, 2.05) is 14.0 Å². The van der Waals surface area contributed by atoms with Crippen molar-refractivity contribution in [3.05, 3.63) is 35.5 Å². The Kier molecular flexibility index (Phi) is 3.50. The fraction of sp³-hybridized carbons (Fsp3) is 0.429. The van der Waals surface area contributed by atoms with Gasteiger partial charge < -0.3 is 14.6 Å². The van der Waals surface area contributed by atoms with Crippen molar-refractivity contribution in [2.75, 3.05) is 20.3 Å². The van der Waals surface area contributed by atoms with Gasteiger partial charge >= 0.3 is 0 Å². The summed E-state index contributed by atoms with van der Waals surface area (Å²) in [6, 6.07) is 4.70. The Morgan fingerprint density at radius 1 is 1.35 bits per heavy atom. The molecule has 0 spiro atoms. The number of likely N-dealkylation sites (N-methyl/N-ethyl adjacent to an activating group) is 1. The van der Waals surface area contributed by atoms with Crippen molar-refractivity contribution in [1.82, 2.24) is 15.5 Å². The van der Waals surface area contributed by atoms with Gasteiger partial charge in [-0.05, 0) is 37.7 Å². The molecule has 0 radical (unpaired) electrons. The van der Waals surface area contributed by atoms with Gasteiger partial charge in [-0.1, -0.05) is 5.16 Å². The number of aryl methyl sites for hydroxylation is 1. The van der Waals surface area contributed by atoms with Crippen molar-refractivity contribution >= 4 is 0 Å². The lowest BCUT2D eigenvalue weighted by Crippen LogP contribution is -2.31. The largest absolute Gasteiger partial charge is 0.379 e. The minimum Gasteiger partial charge on any atom is -0.379 e. The molecule has 2 unspecified atom stereocenters. The third kappa shape index (κ3) is 2.32. The lowest BCUT2D eigenvalue weighted by Gasteiger charge is -2.11. The van der Waals surface area contributed by atoms with Gasteiger partial charge in [0, 0.05) is 11.6 Å². The summed E-state index contributed by atoms with van der Waals surface area (Å²) in [6.07, 6.45) is 0. The third-order valence-electron chi connectivity index (χ3n) is 3.64. The van der Waals surface area contributed by atoms with Gasteiger partial charge in [0.2, 0.25) is 11.7 Å². The van der Waals surface area contributed by atoms with E-state index in [1.165, 1.54) is 12.1 Å². The molecule has 1 fully saturated rings. The lowest BCUT2D eigenvalue weighted by molar-refractivity contribution is 0.185. The molecule has 0 bridgehead atoms. The summed E-state index contributed by atoms with van der Waals surface area (Å²) in [5, 5.41) is 7.18. The first kappa shape index (κ1) is 13.2. The maximum Gasteiger partial charge on any atom is 0.234 e. The first-order valence-electron chi connectivity index (χ1n) is 6.54. The molecule has 0 saturated carbocycles. The van der Waals surface area contributed by atoms with Crippen LogP contribution in [0.15, 0.2) is 22.7 Å². The molecule has 3 rings (SSSR count). The molecular weight excluding hydrogens is 261 g/mol. The summed E-state index contributed by atoms with van der Waals surface area (Å²) >= 11 is 0. The molecule has 2 heterocycles. The van der Waals surface area contributed by atoms with Crippen molar-refractivity contribution in [2.24, 2.45) is 0 Å². The van der Waals surface area contributed by atoms with E-state index < -0.39 is 0 Å². The van der Waals surface area contributed by atoms with Crippen LogP contribution in [-0.4, -0.2) is 36.4 Å². The van der Waals surface area contributed by atoms with Gasteiger partial charge in [0.05, 0.1) is 19.1 Å². The molecular formula is C14H16FN3O2. The zero-order valence-corrected chi connectivity index (χ0v) is 11.4. The molecule has 6 heteroatoms. The third-order valence-corrected chi connectivity index (χ3v) is 3.64. The van der Waals surface area contributed by atoms with E-state index in [1.54, 1.807) is 6.07 Å². The minimum absolute atomic E-state index is 0.0574. The van der Waals surface area contributed by atoms with Gasteiger partial charge in [-0.2, -0.15) is 4.98 Å². The Morgan fingerprint density at radius 2 is 2.20 bits per heavy atom. The highest BCUT2D eigenvalue weighted by molar-refractivity contribution is 5.59. The Balaban J connectivity index is 1.90. The number of nitrogens with one attached hydrogen (secondary N) is 1. The predicted octanol–water partition coefficient (Wildman–Crippen LogP) is 1.89. The average Bonchev–Trinajstić information content (AvgIpc) is 3.06. The van der Waals surface area contributed by atoms with Crippen LogP contribution >= 0.6 is 0 Å². The van der Waals surface area contributed by atoms with Crippen LogP contribution in [0.2, 0.25) is 0 Å². The minimum atomic E-state index is -0.269. The van der Waals surface area contributed by atoms with E-state index in [-0.39, 0.29) is 17.8 Å². The quantitative estimate of drug-likeness (QED) is 0.928. The molecule has 0 amide bonds. The second-order valence-electron chi connectivity index (χ2n) is 4.95. The Morgan fingerprint density at radius 3 is 2.95 bits per heavy atom. The molecule has 2 atom stereocenters. The standard InChI is InChI=1S/C14H16FN3O2/c1-8-5-9(15)3-4-10(8)13-17-14(20-18-13)11-6-19-7-12(11)16-2/h3-5,11-12,16H,6-7H2,1-2H3. The topological polar surface area (TPSA) is 60.2 Å². The van der Waals surface area contributed by atoms with Crippen LogP contribution in [-0.2, 0) is 4.74 Å². The van der Waals surface area contributed by atoms with Crippen LogP contribution < -0.4 is 5.32 Å². The normalized spacial score (nSPS) is 22.4. The monoisotopic (exact) mass is 277 g/mol. The summed E-state index contributed by atoms with van der Waals surface area (Å²) in [4.78, 5) is 4.43. The second-order valence-corrected chi connectivity index (χ2v) is 4.95. The molecule has 1 aliphatic rings. The fourth-order valence-electron chi connectivity index (χ4n) is 2.46. The number of nitrogens with zero attached hydrogens (tertiary/aromatic N) is 2. The van der Waals surface area contributed by atoms with Crippen molar-refractivity contribution in [3.8, 4) is 11.4 Å². The molecule has 1 saturated heterocycles. The maximum atomic E-state index is 13.1. The number of rotatable bonds is 3. The smallest absolute Gasteiger partial charge is 0.234 e. The van der Waals surface area contributed by atoms with E-state index >= 15 is 0 Å². The first-order valence-corrected chi connectivity index (χ1v) is 6.54. The van der Waals surface area contributed by atoms with Gasteiger partial charge in [0.15, 0.2) is 0 Å². The van der Waals surface area contributed by atoms with Crippen LogP contribution in [0.4, 0.5) is 4.39 Å². The second kappa shape index (κ2) is 5.30. The lowest BCUT2D eigenvalue weighted by atomic mass is 10.0. The van der Waals surface area contributed by atoms with Crippen molar-refractivity contribution in [2.45, 2.75) is 18.9 Å². The molecule has 0 aliphatic carbocycles. The van der Waals surface area contributed by atoms with Gasteiger partial charge in [-0.15, -0.1) is 0 Å². The highest BCUT2D eigenvalue weighted by Crippen LogP contribution is 2.27. The molecule has 1 aliphatic heterocycles. The van der Waals surface area contributed by atoms with Crippen molar-refractivity contribution < 1.29 is 13.7 Å². The number of hydrogen-bond donors (Lipinski definition) is 1. The first-order chi connectivity index (χ1) is 9.69. The van der Waals surface area contributed by atoms with Gasteiger partial charge in [-0.3, -0.25) is 0 Å². The van der Waals surface area contributed by atoms with Gasteiger partial charge in [-0.25, -0.2) is 4.39 Å². The van der Waals surface area contributed by atoms with Crippen LogP contribution in [0, 0.1) is 12.7 Å². The summed E-state index contributed by atoms with van der Waals surface area (Å²) in [5.41, 5.74) is 1.56. The SMILES string of the molecule is CNC1COCC1c1nc(-c2ccc(F)cc2C)no1. The fourth-order valence-corrected chi connectivity index (χ4v) is 2.46. The molecule has 5 nitrogen and oxygen atoms in total. The Hall–Kier alpha value is -1.79. The maximum absolute atomic E-state index is 13.1. The highest BCUT2D eigenvalue weighted by Gasteiger charge is 2.33. The highest BCUT2D eigenvalue weighted by atomic mass is 19.1. The van der Waals surface area contributed by atoms with Crippen molar-refractivity contribution in [1.29, 1.82) is 0 Å². The van der Waals surface area contributed by atoms with Gasteiger partial charge in [0.25, 0.3) is 0 Å². The van der Waals surface area contributed by atoms with Gasteiger partial charge in [0.1, 0.15) is 5.82 Å². The van der Waals surface area contributed by atoms with E-state index in [4.69, 9.17) is 9.26 Å². The Bertz CT molecular complexity index is 614. The van der Waals surface area contributed by atoms with Crippen molar-refractivity contribution in [3.63, 3.8) is 0 Å². The zero-order chi connectivity index (χ0) is 14.1. The summed E-state index contributed by atoms with van der Waals surface area (Å²) in [6.45, 7) is 3.02. The van der Waals surface area contributed by atoms with Crippen LogP contribution in [0.5, 0.6) is 0 Å². The van der Waals surface area contributed by atoms with E-state index in [0.29, 0.717) is 24.9 Å². The molecule has 2 aromatic rings. The molecule has 1 aromatic carbocycles. The molecule has 1 aromatic heterocycles. The van der Waals surface area contributed by atoms with E-state index in [0.717, 1.165) is 11.1 Å². The van der Waals surface area contributed by atoms with E-state index in [2.05, 4.69) is 15.5 Å². The van der Waals surface area contributed by atoms with E-state index in [9.17, 15) is 4.39 Å². The Labute approximate surface area is 116 Å². The van der Waals surface area contributed by atoms with Crippen LogP contribution in [0.25, 0.3) is 11.4 Å². The number of benzene rings is 1. The molecule has 20 heavy (non-hydrogen) atoms. The molecule has 106 valence electrons. The number of ether oxygens (including phenoxy) is 1. The number of halogens is 1. The number of aromatic nitrogens is 2. The van der Waals surface area contributed by atoms with Crippen LogP contribution in [0.3, 0.4) is 0 Å². The summed E-state index contributed by atoms with van der Waals surface area (Å²) in [5.74, 6) is 0.830. The molecule has 1 N–H and O–H groups in total.